The molecule has 30 heavy (non-hydrogen) atoms. The summed E-state index contributed by atoms with van der Waals surface area (Å²) in [6, 6.07) is 23.1. The zero-order valence-electron chi connectivity index (χ0n) is 16.7. The molecule has 4 rings (SSSR count). The maximum absolute atomic E-state index is 5.93. The second kappa shape index (κ2) is 8.93. The van der Waals surface area contributed by atoms with Crippen LogP contribution in [0.2, 0.25) is 5.02 Å². The number of hydrogen-bond acceptors (Lipinski definition) is 5. The van der Waals surface area contributed by atoms with Crippen LogP contribution in [0.3, 0.4) is 0 Å². The van der Waals surface area contributed by atoms with E-state index in [9.17, 15) is 0 Å². The second-order valence-electron chi connectivity index (χ2n) is 7.03. The molecule has 0 radical (unpaired) electrons. The Morgan fingerprint density at radius 3 is 2.40 bits per heavy atom. The lowest BCUT2D eigenvalue weighted by Crippen LogP contribution is -2.05. The van der Waals surface area contributed by atoms with Gasteiger partial charge in [0.25, 0.3) is 0 Å². The van der Waals surface area contributed by atoms with E-state index in [1.165, 1.54) is 0 Å². The first-order valence-corrected chi connectivity index (χ1v) is 10.0. The molecule has 6 heteroatoms. The third-order valence-corrected chi connectivity index (χ3v) is 4.59. The van der Waals surface area contributed by atoms with Gasteiger partial charge in [-0.15, -0.1) is 0 Å². The first-order valence-electron chi connectivity index (χ1n) is 9.67. The molecule has 1 aromatic heterocycles. The van der Waals surface area contributed by atoms with Gasteiger partial charge in [-0.25, -0.2) is 9.97 Å². The third-order valence-electron chi connectivity index (χ3n) is 4.34. The second-order valence-corrected chi connectivity index (χ2v) is 7.46. The SMILES string of the molecule is CC(C)Oc1ccc(-c2nc(N/N=C\c3ccc(Cl)cc3)c3ccccc3n2)cc1. The molecule has 0 amide bonds. The van der Waals surface area contributed by atoms with Crippen molar-refractivity contribution in [1.29, 1.82) is 0 Å². The lowest BCUT2D eigenvalue weighted by atomic mass is 10.1. The van der Waals surface area contributed by atoms with Crippen LogP contribution in [0.25, 0.3) is 22.3 Å². The number of fused-ring (bicyclic) bond motifs is 1. The fourth-order valence-corrected chi connectivity index (χ4v) is 3.09. The summed E-state index contributed by atoms with van der Waals surface area (Å²) < 4.78 is 5.72. The summed E-state index contributed by atoms with van der Waals surface area (Å²) in [7, 11) is 0. The van der Waals surface area contributed by atoms with Crippen molar-refractivity contribution in [1.82, 2.24) is 9.97 Å². The number of benzene rings is 3. The van der Waals surface area contributed by atoms with Crippen LogP contribution in [-0.4, -0.2) is 22.3 Å². The molecule has 0 aliphatic carbocycles. The topological polar surface area (TPSA) is 59.4 Å². The summed E-state index contributed by atoms with van der Waals surface area (Å²) >= 11 is 5.93. The summed E-state index contributed by atoms with van der Waals surface area (Å²) in [6.45, 7) is 4.01. The van der Waals surface area contributed by atoms with Crippen LogP contribution < -0.4 is 10.2 Å². The molecule has 0 fully saturated rings. The van der Waals surface area contributed by atoms with Crippen LogP contribution in [-0.2, 0) is 0 Å². The quantitative estimate of drug-likeness (QED) is 0.301. The van der Waals surface area contributed by atoms with Crippen LogP contribution >= 0.6 is 11.6 Å². The summed E-state index contributed by atoms with van der Waals surface area (Å²) in [6.07, 6.45) is 1.85. The molecule has 150 valence electrons. The monoisotopic (exact) mass is 416 g/mol. The Morgan fingerprint density at radius 2 is 1.67 bits per heavy atom. The molecule has 1 N–H and O–H groups in total. The van der Waals surface area contributed by atoms with Crippen LogP contribution in [0.1, 0.15) is 19.4 Å². The molecule has 0 saturated carbocycles. The zero-order chi connectivity index (χ0) is 20.9. The number of nitrogens with one attached hydrogen (secondary N) is 1. The Hall–Kier alpha value is -3.44. The molecule has 0 spiro atoms. The normalized spacial score (nSPS) is 11.3. The van der Waals surface area contributed by atoms with Gasteiger partial charge in [0, 0.05) is 16.0 Å². The smallest absolute Gasteiger partial charge is 0.162 e. The van der Waals surface area contributed by atoms with E-state index in [4.69, 9.17) is 26.3 Å². The van der Waals surface area contributed by atoms with E-state index in [2.05, 4.69) is 10.5 Å². The van der Waals surface area contributed by atoms with Crippen molar-refractivity contribution in [2.45, 2.75) is 20.0 Å². The molecule has 1 heterocycles. The predicted molar refractivity (Wildman–Crippen MR) is 123 cm³/mol. The molecule has 3 aromatic carbocycles. The summed E-state index contributed by atoms with van der Waals surface area (Å²) in [5.74, 6) is 2.08. The summed E-state index contributed by atoms with van der Waals surface area (Å²) in [5.41, 5.74) is 5.74. The fourth-order valence-electron chi connectivity index (χ4n) is 2.96. The van der Waals surface area contributed by atoms with Gasteiger partial charge in [0.1, 0.15) is 5.75 Å². The van der Waals surface area contributed by atoms with Gasteiger partial charge in [0.05, 0.1) is 17.8 Å². The maximum Gasteiger partial charge on any atom is 0.162 e. The van der Waals surface area contributed by atoms with Gasteiger partial charge in [-0.1, -0.05) is 35.9 Å². The number of aromatic nitrogens is 2. The van der Waals surface area contributed by atoms with Gasteiger partial charge < -0.3 is 4.74 Å². The molecule has 0 saturated heterocycles. The average molecular weight is 417 g/mol. The van der Waals surface area contributed by atoms with E-state index < -0.39 is 0 Å². The number of rotatable bonds is 6. The van der Waals surface area contributed by atoms with Crippen molar-refractivity contribution in [3.8, 4) is 17.1 Å². The molecular formula is C24H21ClN4O. The molecular weight excluding hydrogens is 396 g/mol. The number of para-hydroxylation sites is 1. The molecule has 0 bridgehead atoms. The Bertz CT molecular complexity index is 1170. The van der Waals surface area contributed by atoms with Crippen LogP contribution in [0, 0.1) is 0 Å². The number of hydrazone groups is 1. The highest BCUT2D eigenvalue weighted by Gasteiger charge is 2.09. The first-order chi connectivity index (χ1) is 14.6. The van der Waals surface area contributed by atoms with Crippen molar-refractivity contribution < 1.29 is 4.74 Å². The molecule has 4 aromatic rings. The number of ether oxygens (including phenoxy) is 1. The molecule has 0 aliphatic heterocycles. The minimum atomic E-state index is 0.127. The number of nitrogens with zero attached hydrogens (tertiary/aromatic N) is 3. The van der Waals surface area contributed by atoms with E-state index in [1.807, 2.05) is 86.6 Å². The Morgan fingerprint density at radius 1 is 0.933 bits per heavy atom. The van der Waals surface area contributed by atoms with Crippen LogP contribution in [0.4, 0.5) is 5.82 Å². The molecule has 0 atom stereocenters. The highest BCUT2D eigenvalue weighted by molar-refractivity contribution is 6.30. The first kappa shape index (κ1) is 19.9. The van der Waals surface area contributed by atoms with E-state index in [0.29, 0.717) is 16.7 Å². The number of hydrogen-bond donors (Lipinski definition) is 1. The van der Waals surface area contributed by atoms with Gasteiger partial charge in [-0.05, 0) is 67.9 Å². The van der Waals surface area contributed by atoms with E-state index in [-0.39, 0.29) is 6.10 Å². The number of anilines is 1. The third kappa shape index (κ3) is 4.75. The minimum absolute atomic E-state index is 0.127. The largest absolute Gasteiger partial charge is 0.491 e. The summed E-state index contributed by atoms with van der Waals surface area (Å²) in [5, 5.41) is 5.93. The van der Waals surface area contributed by atoms with Gasteiger partial charge in [0.15, 0.2) is 11.6 Å². The summed E-state index contributed by atoms with van der Waals surface area (Å²) in [4.78, 5) is 9.42. The fraction of sp³-hybridized carbons (Fsp3) is 0.125. The van der Waals surface area contributed by atoms with Gasteiger partial charge in [-0.2, -0.15) is 5.10 Å². The minimum Gasteiger partial charge on any atom is -0.491 e. The Balaban J connectivity index is 1.64. The Labute approximate surface area is 180 Å². The number of halogens is 1. The van der Waals surface area contributed by atoms with Crippen molar-refractivity contribution in [3.63, 3.8) is 0 Å². The maximum atomic E-state index is 5.93. The zero-order valence-corrected chi connectivity index (χ0v) is 17.5. The lowest BCUT2D eigenvalue weighted by molar-refractivity contribution is 0.242. The van der Waals surface area contributed by atoms with Gasteiger partial charge >= 0.3 is 0 Å². The van der Waals surface area contributed by atoms with Crippen molar-refractivity contribution in [2.24, 2.45) is 5.10 Å². The van der Waals surface area contributed by atoms with E-state index >= 15 is 0 Å². The average Bonchev–Trinajstić information content (AvgIpc) is 2.75. The molecule has 5 nitrogen and oxygen atoms in total. The van der Waals surface area contributed by atoms with Crippen molar-refractivity contribution in [3.05, 3.63) is 83.4 Å². The van der Waals surface area contributed by atoms with Crippen molar-refractivity contribution >= 4 is 34.5 Å². The standard InChI is InChI=1S/C24H21ClN4O/c1-16(2)30-20-13-9-18(10-14-20)23-27-22-6-4-3-5-21(22)24(28-23)29-26-15-17-7-11-19(25)12-8-17/h3-16H,1-2H3,(H,27,28,29)/b26-15-. The van der Waals surface area contributed by atoms with Crippen LogP contribution in [0.15, 0.2) is 77.9 Å². The van der Waals surface area contributed by atoms with E-state index in [0.717, 1.165) is 27.8 Å². The van der Waals surface area contributed by atoms with Gasteiger partial charge in [0.2, 0.25) is 0 Å². The lowest BCUT2D eigenvalue weighted by Gasteiger charge is -2.11. The van der Waals surface area contributed by atoms with Crippen LogP contribution in [0.5, 0.6) is 5.75 Å². The highest BCUT2D eigenvalue weighted by atomic mass is 35.5. The molecule has 0 unspecified atom stereocenters. The predicted octanol–water partition coefficient (Wildman–Crippen LogP) is 6.18. The Kier molecular flexibility index (Phi) is 5.91. The highest BCUT2D eigenvalue weighted by Crippen LogP contribution is 2.26. The van der Waals surface area contributed by atoms with Crippen molar-refractivity contribution in [2.75, 3.05) is 5.43 Å². The molecule has 0 aliphatic rings. The van der Waals surface area contributed by atoms with E-state index in [1.54, 1.807) is 6.21 Å². The van der Waals surface area contributed by atoms with Gasteiger partial charge in [-0.3, -0.25) is 5.43 Å².